The minimum atomic E-state index is -0.857. The highest BCUT2D eigenvalue weighted by Gasteiger charge is 2.17. The first-order chi connectivity index (χ1) is 11.0. The fraction of sp³-hybridized carbons (Fsp3) is 0.278. The van der Waals surface area contributed by atoms with Crippen molar-refractivity contribution in [1.29, 1.82) is 0 Å². The summed E-state index contributed by atoms with van der Waals surface area (Å²) in [5.41, 5.74) is 1.42. The van der Waals surface area contributed by atoms with Crippen LogP contribution >= 0.6 is 11.6 Å². The molecule has 0 aliphatic carbocycles. The van der Waals surface area contributed by atoms with E-state index in [9.17, 15) is 9.90 Å². The molecule has 0 aliphatic heterocycles. The number of benzene rings is 2. The summed E-state index contributed by atoms with van der Waals surface area (Å²) in [4.78, 5) is 13.8. The molecule has 0 aromatic heterocycles. The van der Waals surface area contributed by atoms with Gasteiger partial charge in [0.25, 0.3) is 0 Å². The number of aliphatic hydroxyl groups is 1. The molecule has 0 saturated heterocycles. The lowest BCUT2D eigenvalue weighted by Crippen LogP contribution is -2.27. The van der Waals surface area contributed by atoms with Gasteiger partial charge in [0.2, 0.25) is 5.91 Å². The van der Waals surface area contributed by atoms with Gasteiger partial charge in [0.1, 0.15) is 5.75 Å². The van der Waals surface area contributed by atoms with E-state index in [0.29, 0.717) is 17.2 Å². The quantitative estimate of drug-likeness (QED) is 0.874. The molecule has 0 bridgehead atoms. The zero-order chi connectivity index (χ0) is 16.8. The average molecular weight is 334 g/mol. The average Bonchev–Trinajstić information content (AvgIpc) is 2.55. The molecule has 2 aromatic carbocycles. The topological polar surface area (TPSA) is 49.8 Å². The van der Waals surface area contributed by atoms with Gasteiger partial charge >= 0.3 is 0 Å². The first-order valence-corrected chi connectivity index (χ1v) is 7.82. The van der Waals surface area contributed by atoms with Crippen LogP contribution in [0.3, 0.4) is 0 Å². The summed E-state index contributed by atoms with van der Waals surface area (Å²) in [7, 11) is 1.69. The maximum Gasteiger partial charge on any atom is 0.229 e. The predicted molar refractivity (Wildman–Crippen MR) is 92.0 cm³/mol. The summed E-state index contributed by atoms with van der Waals surface area (Å²) in [5.74, 6) is 0.593. The van der Waals surface area contributed by atoms with Crippen LogP contribution in [0.2, 0.25) is 5.02 Å². The van der Waals surface area contributed by atoms with E-state index in [-0.39, 0.29) is 12.3 Å². The van der Waals surface area contributed by atoms with Crippen LogP contribution in [0.5, 0.6) is 5.75 Å². The van der Waals surface area contributed by atoms with E-state index in [1.165, 1.54) is 4.90 Å². The van der Waals surface area contributed by atoms with E-state index in [2.05, 4.69) is 0 Å². The molecule has 1 unspecified atom stereocenters. The van der Waals surface area contributed by atoms with Crippen LogP contribution in [0, 0.1) is 0 Å². The zero-order valence-corrected chi connectivity index (χ0v) is 14.0. The third-order valence-electron chi connectivity index (χ3n) is 3.53. The largest absolute Gasteiger partial charge is 0.494 e. The number of hydrogen-bond donors (Lipinski definition) is 1. The Morgan fingerprint density at radius 2 is 1.78 bits per heavy atom. The number of hydrogen-bond acceptors (Lipinski definition) is 3. The van der Waals surface area contributed by atoms with Crippen molar-refractivity contribution in [1.82, 2.24) is 0 Å². The van der Waals surface area contributed by atoms with Crippen LogP contribution in [0.1, 0.15) is 25.0 Å². The number of ether oxygens (including phenoxy) is 1. The van der Waals surface area contributed by atoms with Gasteiger partial charge in [-0.15, -0.1) is 0 Å². The summed E-state index contributed by atoms with van der Waals surface area (Å²) in [5, 5.41) is 10.8. The standard InChI is InChI=1S/C18H20ClNO3/c1-3-23-16-10-8-15(9-11-16)20(2)18(22)12-17(21)13-4-6-14(19)7-5-13/h4-11,17,21H,3,12H2,1-2H3. The van der Waals surface area contributed by atoms with Gasteiger partial charge in [-0.2, -0.15) is 0 Å². The Kier molecular flexibility index (Phi) is 6.02. The first-order valence-electron chi connectivity index (χ1n) is 7.44. The fourth-order valence-electron chi connectivity index (χ4n) is 2.18. The van der Waals surface area contributed by atoms with E-state index in [1.807, 2.05) is 31.2 Å². The van der Waals surface area contributed by atoms with E-state index in [4.69, 9.17) is 16.3 Å². The smallest absolute Gasteiger partial charge is 0.229 e. The molecular weight excluding hydrogens is 314 g/mol. The van der Waals surface area contributed by atoms with Crippen molar-refractivity contribution < 1.29 is 14.6 Å². The molecule has 0 spiro atoms. The zero-order valence-electron chi connectivity index (χ0n) is 13.2. The Morgan fingerprint density at radius 3 is 2.35 bits per heavy atom. The third kappa shape index (κ3) is 4.71. The maximum absolute atomic E-state index is 12.3. The fourth-order valence-corrected chi connectivity index (χ4v) is 2.31. The molecule has 1 amide bonds. The van der Waals surface area contributed by atoms with Gasteiger partial charge in [-0.05, 0) is 48.9 Å². The minimum Gasteiger partial charge on any atom is -0.494 e. The molecule has 1 N–H and O–H groups in total. The Bertz CT molecular complexity index is 640. The van der Waals surface area contributed by atoms with E-state index in [0.717, 1.165) is 11.4 Å². The van der Waals surface area contributed by atoms with Crippen molar-refractivity contribution in [2.75, 3.05) is 18.6 Å². The van der Waals surface area contributed by atoms with Crippen LogP contribution in [0.4, 0.5) is 5.69 Å². The third-order valence-corrected chi connectivity index (χ3v) is 3.78. The van der Waals surface area contributed by atoms with Crippen LogP contribution in [0.15, 0.2) is 48.5 Å². The lowest BCUT2D eigenvalue weighted by atomic mass is 10.1. The summed E-state index contributed by atoms with van der Waals surface area (Å²) < 4.78 is 5.38. The number of rotatable bonds is 6. The van der Waals surface area contributed by atoms with Crippen molar-refractivity contribution in [3.63, 3.8) is 0 Å². The van der Waals surface area contributed by atoms with Crippen molar-refractivity contribution in [2.45, 2.75) is 19.4 Å². The number of carbonyl (C=O) groups excluding carboxylic acids is 1. The van der Waals surface area contributed by atoms with Crippen LogP contribution in [-0.4, -0.2) is 24.7 Å². The summed E-state index contributed by atoms with van der Waals surface area (Å²) in [6.07, 6.45) is -0.851. The Hall–Kier alpha value is -2.04. The second kappa shape index (κ2) is 7.99. The van der Waals surface area contributed by atoms with Gasteiger partial charge in [0.15, 0.2) is 0 Å². The van der Waals surface area contributed by atoms with Crippen molar-refractivity contribution in [3.05, 3.63) is 59.1 Å². The van der Waals surface area contributed by atoms with E-state index < -0.39 is 6.10 Å². The van der Waals surface area contributed by atoms with Crippen molar-refractivity contribution in [2.24, 2.45) is 0 Å². The van der Waals surface area contributed by atoms with E-state index >= 15 is 0 Å². The molecule has 0 heterocycles. The number of aliphatic hydroxyl groups excluding tert-OH is 1. The Balaban J connectivity index is 2.00. The summed E-state index contributed by atoms with van der Waals surface area (Å²) in [6, 6.07) is 14.1. The minimum absolute atomic E-state index is 0.00530. The van der Waals surface area contributed by atoms with Gasteiger partial charge in [0.05, 0.1) is 19.1 Å². The molecule has 122 valence electrons. The van der Waals surface area contributed by atoms with Crippen LogP contribution in [-0.2, 0) is 4.79 Å². The normalized spacial score (nSPS) is 11.8. The van der Waals surface area contributed by atoms with Gasteiger partial charge in [0, 0.05) is 17.8 Å². The lowest BCUT2D eigenvalue weighted by molar-refractivity contribution is -0.120. The number of carbonyl (C=O) groups is 1. The van der Waals surface area contributed by atoms with Crippen molar-refractivity contribution in [3.8, 4) is 5.75 Å². The number of anilines is 1. The van der Waals surface area contributed by atoms with Crippen LogP contribution < -0.4 is 9.64 Å². The Morgan fingerprint density at radius 1 is 1.17 bits per heavy atom. The molecule has 1 atom stereocenters. The number of amides is 1. The lowest BCUT2D eigenvalue weighted by Gasteiger charge is -2.20. The molecule has 4 nitrogen and oxygen atoms in total. The molecule has 23 heavy (non-hydrogen) atoms. The molecule has 2 aromatic rings. The van der Waals surface area contributed by atoms with Crippen molar-refractivity contribution >= 4 is 23.2 Å². The highest BCUT2D eigenvalue weighted by atomic mass is 35.5. The highest BCUT2D eigenvalue weighted by Crippen LogP contribution is 2.23. The molecule has 2 rings (SSSR count). The molecule has 0 fully saturated rings. The van der Waals surface area contributed by atoms with Gasteiger partial charge in [-0.3, -0.25) is 4.79 Å². The molecule has 5 heteroatoms. The molecule has 0 radical (unpaired) electrons. The molecule has 0 aliphatic rings. The highest BCUT2D eigenvalue weighted by molar-refractivity contribution is 6.30. The molecule has 0 saturated carbocycles. The first kappa shape index (κ1) is 17.3. The molecular formula is C18H20ClNO3. The predicted octanol–water partition coefficient (Wildman–Crippen LogP) is 3.83. The number of halogens is 1. The SMILES string of the molecule is CCOc1ccc(N(C)C(=O)CC(O)c2ccc(Cl)cc2)cc1. The monoisotopic (exact) mass is 333 g/mol. The summed E-state index contributed by atoms with van der Waals surface area (Å²) in [6.45, 7) is 2.52. The maximum atomic E-state index is 12.3. The van der Waals surface area contributed by atoms with Gasteiger partial charge in [-0.25, -0.2) is 0 Å². The van der Waals surface area contributed by atoms with E-state index in [1.54, 1.807) is 31.3 Å². The number of nitrogens with zero attached hydrogens (tertiary/aromatic N) is 1. The van der Waals surface area contributed by atoms with Gasteiger partial charge in [-0.1, -0.05) is 23.7 Å². The summed E-state index contributed by atoms with van der Waals surface area (Å²) >= 11 is 5.82. The van der Waals surface area contributed by atoms with Crippen LogP contribution in [0.25, 0.3) is 0 Å². The van der Waals surface area contributed by atoms with Gasteiger partial charge < -0.3 is 14.7 Å². The second-order valence-electron chi connectivity index (χ2n) is 5.15. The second-order valence-corrected chi connectivity index (χ2v) is 5.59. The Labute approximate surface area is 141 Å².